The Morgan fingerprint density at radius 3 is 2.17 bits per heavy atom. The summed E-state index contributed by atoms with van der Waals surface area (Å²) in [5.41, 5.74) is 3.58. The summed E-state index contributed by atoms with van der Waals surface area (Å²) in [7, 11) is 0. The van der Waals surface area contributed by atoms with E-state index in [1.165, 1.54) is 12.1 Å². The summed E-state index contributed by atoms with van der Waals surface area (Å²) in [4.78, 5) is 15.0. The molecular weight excluding hydrogens is 368 g/mol. The van der Waals surface area contributed by atoms with Gasteiger partial charge < -0.3 is 9.52 Å². The zero-order valence-corrected chi connectivity index (χ0v) is 15.6. The molecule has 1 aromatic heterocycles. The zero-order valence-electron chi connectivity index (χ0n) is 15.6. The molecule has 6 nitrogen and oxygen atoms in total. The van der Waals surface area contributed by atoms with E-state index in [9.17, 15) is 15.2 Å². The van der Waals surface area contributed by atoms with Crippen LogP contribution in [0.1, 0.15) is 22.9 Å². The molecule has 0 spiro atoms. The fourth-order valence-electron chi connectivity index (χ4n) is 3.07. The maximum atomic E-state index is 11.0. The lowest BCUT2D eigenvalue weighted by Gasteiger charge is -2.09. The van der Waals surface area contributed by atoms with Crippen molar-refractivity contribution >= 4 is 5.69 Å². The fraction of sp³-hybridized carbons (Fsp3) is 0.0870. The minimum Gasteiger partial charge on any atom is -0.436 e. The first-order chi connectivity index (χ1) is 14.0. The van der Waals surface area contributed by atoms with Crippen LogP contribution in [0.15, 0.2) is 83.3 Å². The summed E-state index contributed by atoms with van der Waals surface area (Å²) in [5.74, 6) is 0.759. The predicted molar refractivity (Wildman–Crippen MR) is 109 cm³/mol. The van der Waals surface area contributed by atoms with Gasteiger partial charge in [0.15, 0.2) is 5.76 Å². The number of non-ortho nitro benzene ring substituents is 1. The van der Waals surface area contributed by atoms with Crippen LogP contribution >= 0.6 is 0 Å². The summed E-state index contributed by atoms with van der Waals surface area (Å²) >= 11 is 0. The lowest BCUT2D eigenvalue weighted by Crippen LogP contribution is -2.01. The molecule has 144 valence electrons. The molecule has 6 heteroatoms. The molecule has 0 saturated carbocycles. The Kier molecular flexibility index (Phi) is 4.93. The topological polar surface area (TPSA) is 89.4 Å². The first-order valence-electron chi connectivity index (χ1n) is 9.08. The highest BCUT2D eigenvalue weighted by atomic mass is 16.6. The van der Waals surface area contributed by atoms with Crippen molar-refractivity contribution in [1.29, 1.82) is 0 Å². The van der Waals surface area contributed by atoms with Gasteiger partial charge >= 0.3 is 0 Å². The van der Waals surface area contributed by atoms with Gasteiger partial charge in [-0.1, -0.05) is 60.2 Å². The lowest BCUT2D eigenvalue weighted by atomic mass is 10.0. The van der Waals surface area contributed by atoms with E-state index in [0.717, 1.165) is 11.1 Å². The van der Waals surface area contributed by atoms with Gasteiger partial charge in [0, 0.05) is 23.3 Å². The normalized spacial score (nSPS) is 11.9. The van der Waals surface area contributed by atoms with Crippen molar-refractivity contribution in [3.63, 3.8) is 0 Å². The van der Waals surface area contributed by atoms with Crippen LogP contribution in [0, 0.1) is 17.0 Å². The van der Waals surface area contributed by atoms with Gasteiger partial charge in [-0.05, 0) is 24.6 Å². The van der Waals surface area contributed by atoms with Gasteiger partial charge in [0.25, 0.3) is 5.69 Å². The number of hydrogen-bond donors (Lipinski definition) is 1. The molecule has 0 aliphatic rings. The maximum Gasteiger partial charge on any atom is 0.269 e. The van der Waals surface area contributed by atoms with E-state index < -0.39 is 11.0 Å². The van der Waals surface area contributed by atoms with Crippen LogP contribution in [0.2, 0.25) is 0 Å². The highest BCUT2D eigenvalue weighted by Gasteiger charge is 2.24. The molecule has 0 aliphatic heterocycles. The molecule has 0 aliphatic carbocycles. The van der Waals surface area contributed by atoms with E-state index in [1.54, 1.807) is 12.1 Å². The van der Waals surface area contributed by atoms with Gasteiger partial charge in [0.1, 0.15) is 11.8 Å². The molecule has 0 amide bonds. The molecule has 4 aromatic rings. The van der Waals surface area contributed by atoms with Crippen molar-refractivity contribution in [3.05, 3.63) is 106 Å². The standard InChI is InChI=1S/C23H18N2O4/c1-15-7-9-17(10-8-15)22-20(21(26)16-5-3-2-4-6-16)24-23(29-22)18-11-13-19(14-12-18)25(27)28/h2-14,21,26H,1H3. The Morgan fingerprint density at radius 1 is 0.931 bits per heavy atom. The van der Waals surface area contributed by atoms with Crippen LogP contribution in [0.25, 0.3) is 22.8 Å². The van der Waals surface area contributed by atoms with Gasteiger partial charge in [-0.2, -0.15) is 0 Å². The van der Waals surface area contributed by atoms with Gasteiger partial charge in [-0.3, -0.25) is 10.1 Å². The van der Waals surface area contributed by atoms with Crippen molar-refractivity contribution in [2.24, 2.45) is 0 Å². The average Bonchev–Trinajstić information content (AvgIpc) is 3.20. The van der Waals surface area contributed by atoms with Gasteiger partial charge in [-0.15, -0.1) is 0 Å². The van der Waals surface area contributed by atoms with Crippen molar-refractivity contribution in [3.8, 4) is 22.8 Å². The number of aliphatic hydroxyl groups excluding tert-OH is 1. The first kappa shape index (κ1) is 18.6. The lowest BCUT2D eigenvalue weighted by molar-refractivity contribution is -0.384. The molecule has 0 fully saturated rings. The number of aromatic nitrogens is 1. The zero-order chi connectivity index (χ0) is 20.4. The second-order valence-electron chi connectivity index (χ2n) is 6.72. The van der Waals surface area contributed by atoms with Crippen molar-refractivity contribution in [2.45, 2.75) is 13.0 Å². The fourth-order valence-corrected chi connectivity index (χ4v) is 3.07. The van der Waals surface area contributed by atoms with E-state index in [1.807, 2.05) is 61.5 Å². The minimum absolute atomic E-state index is 0.0105. The van der Waals surface area contributed by atoms with Crippen molar-refractivity contribution in [1.82, 2.24) is 4.98 Å². The molecule has 1 unspecified atom stereocenters. The van der Waals surface area contributed by atoms with Crippen LogP contribution in [0.5, 0.6) is 0 Å². The highest BCUT2D eigenvalue weighted by Crippen LogP contribution is 2.36. The average molecular weight is 386 g/mol. The molecule has 1 atom stereocenters. The van der Waals surface area contributed by atoms with Crippen LogP contribution in [0.3, 0.4) is 0 Å². The van der Waals surface area contributed by atoms with E-state index in [-0.39, 0.29) is 5.69 Å². The summed E-state index contributed by atoms with van der Waals surface area (Å²) < 4.78 is 6.03. The Morgan fingerprint density at radius 2 is 1.55 bits per heavy atom. The second kappa shape index (κ2) is 7.69. The first-order valence-corrected chi connectivity index (χ1v) is 9.08. The van der Waals surface area contributed by atoms with E-state index in [4.69, 9.17) is 4.42 Å². The number of oxazole rings is 1. The van der Waals surface area contributed by atoms with Gasteiger partial charge in [0.05, 0.1) is 4.92 Å². The third-order valence-corrected chi connectivity index (χ3v) is 4.67. The minimum atomic E-state index is -0.969. The quantitative estimate of drug-likeness (QED) is 0.371. The number of nitro groups is 1. The van der Waals surface area contributed by atoms with Gasteiger partial charge in [0.2, 0.25) is 5.89 Å². The van der Waals surface area contributed by atoms with Crippen LogP contribution in [0.4, 0.5) is 5.69 Å². The summed E-state index contributed by atoms with van der Waals surface area (Å²) in [5, 5.41) is 21.9. The molecule has 4 rings (SSSR count). The van der Waals surface area contributed by atoms with E-state index >= 15 is 0 Å². The molecule has 3 aromatic carbocycles. The molecule has 1 N–H and O–H groups in total. The van der Waals surface area contributed by atoms with Gasteiger partial charge in [-0.25, -0.2) is 4.98 Å². The third-order valence-electron chi connectivity index (χ3n) is 4.67. The Bertz CT molecular complexity index is 1130. The molecular formula is C23H18N2O4. The van der Waals surface area contributed by atoms with Crippen molar-refractivity contribution < 1.29 is 14.4 Å². The summed E-state index contributed by atoms with van der Waals surface area (Å²) in [6, 6.07) is 22.9. The number of benzene rings is 3. The highest BCUT2D eigenvalue weighted by molar-refractivity contribution is 5.66. The molecule has 0 saturated heterocycles. The van der Waals surface area contributed by atoms with Crippen molar-refractivity contribution in [2.75, 3.05) is 0 Å². The Labute approximate surface area is 167 Å². The SMILES string of the molecule is Cc1ccc(-c2oc(-c3ccc([N+](=O)[O-])cc3)nc2C(O)c2ccccc2)cc1. The number of nitrogens with zero attached hydrogens (tertiary/aromatic N) is 2. The molecule has 29 heavy (non-hydrogen) atoms. The Hall–Kier alpha value is -3.77. The number of hydrogen-bond acceptors (Lipinski definition) is 5. The van der Waals surface area contributed by atoms with Crippen LogP contribution in [-0.2, 0) is 0 Å². The monoisotopic (exact) mass is 386 g/mol. The van der Waals surface area contributed by atoms with E-state index in [2.05, 4.69) is 4.98 Å². The van der Waals surface area contributed by atoms with E-state index in [0.29, 0.717) is 28.5 Å². The van der Waals surface area contributed by atoms with Crippen LogP contribution in [-0.4, -0.2) is 15.0 Å². The number of nitro benzene ring substituents is 1. The third kappa shape index (κ3) is 3.79. The Balaban J connectivity index is 1.82. The molecule has 0 radical (unpaired) electrons. The number of rotatable bonds is 5. The summed E-state index contributed by atoms with van der Waals surface area (Å²) in [6.07, 6.45) is -0.969. The number of aryl methyl sites for hydroxylation is 1. The predicted octanol–water partition coefficient (Wildman–Crippen LogP) is 5.31. The number of aliphatic hydroxyl groups is 1. The smallest absolute Gasteiger partial charge is 0.269 e. The summed E-state index contributed by atoms with van der Waals surface area (Å²) in [6.45, 7) is 1.99. The van der Waals surface area contributed by atoms with Crippen LogP contribution < -0.4 is 0 Å². The molecule has 0 bridgehead atoms. The maximum absolute atomic E-state index is 11.0. The largest absolute Gasteiger partial charge is 0.436 e. The second-order valence-corrected chi connectivity index (χ2v) is 6.72. The molecule has 1 heterocycles.